The molecule has 1 saturated heterocycles. The summed E-state index contributed by atoms with van der Waals surface area (Å²) in [7, 11) is 1.63. The standard InChI is InChI=1S/C16H23FN2O2/c1-10(2)14(9-21-4)19-15(18-11(3)16(19)20)12-6-5-7-13(17)8-12/h5-8,10-11,14-15,18H,9H2,1-4H3. The molecule has 21 heavy (non-hydrogen) atoms. The van der Waals surface area contributed by atoms with Crippen molar-refractivity contribution in [3.8, 4) is 0 Å². The predicted octanol–water partition coefficient (Wildman–Crippen LogP) is 2.32. The average Bonchev–Trinajstić information content (AvgIpc) is 2.72. The van der Waals surface area contributed by atoms with Gasteiger partial charge in [0.05, 0.1) is 18.7 Å². The Morgan fingerprint density at radius 2 is 2.14 bits per heavy atom. The first-order valence-electron chi connectivity index (χ1n) is 7.28. The largest absolute Gasteiger partial charge is 0.383 e. The van der Waals surface area contributed by atoms with Crippen LogP contribution < -0.4 is 5.32 Å². The lowest BCUT2D eigenvalue weighted by Crippen LogP contribution is -2.45. The van der Waals surface area contributed by atoms with Crippen molar-refractivity contribution in [3.05, 3.63) is 35.6 Å². The van der Waals surface area contributed by atoms with Crippen molar-refractivity contribution < 1.29 is 13.9 Å². The van der Waals surface area contributed by atoms with Gasteiger partial charge in [0.15, 0.2) is 0 Å². The number of hydrogen-bond donors (Lipinski definition) is 1. The first-order valence-corrected chi connectivity index (χ1v) is 7.28. The first kappa shape index (κ1) is 15.9. The molecule has 0 saturated carbocycles. The fraction of sp³-hybridized carbons (Fsp3) is 0.562. The number of methoxy groups -OCH3 is 1. The van der Waals surface area contributed by atoms with Gasteiger partial charge in [-0.15, -0.1) is 0 Å². The summed E-state index contributed by atoms with van der Waals surface area (Å²) in [6, 6.07) is 6.05. The fourth-order valence-electron chi connectivity index (χ4n) is 2.79. The van der Waals surface area contributed by atoms with Crippen molar-refractivity contribution in [2.45, 2.75) is 39.0 Å². The molecule has 1 N–H and O–H groups in total. The van der Waals surface area contributed by atoms with Crippen LogP contribution in [0.3, 0.4) is 0 Å². The van der Waals surface area contributed by atoms with Crippen LogP contribution in [0.5, 0.6) is 0 Å². The maximum atomic E-state index is 13.5. The molecule has 0 bridgehead atoms. The molecule has 0 spiro atoms. The minimum absolute atomic E-state index is 0.0278. The summed E-state index contributed by atoms with van der Waals surface area (Å²) in [5, 5.41) is 3.25. The van der Waals surface area contributed by atoms with E-state index in [1.54, 1.807) is 18.1 Å². The second kappa shape index (κ2) is 6.54. The van der Waals surface area contributed by atoms with E-state index in [1.807, 2.05) is 13.0 Å². The van der Waals surface area contributed by atoms with Crippen molar-refractivity contribution in [2.75, 3.05) is 13.7 Å². The van der Waals surface area contributed by atoms with Gasteiger partial charge >= 0.3 is 0 Å². The minimum atomic E-state index is -0.314. The molecule has 0 aromatic heterocycles. The molecule has 5 heteroatoms. The van der Waals surface area contributed by atoms with Gasteiger partial charge < -0.3 is 9.64 Å². The highest BCUT2D eigenvalue weighted by Gasteiger charge is 2.42. The van der Waals surface area contributed by atoms with Crippen LogP contribution >= 0.6 is 0 Å². The molecule has 1 aromatic carbocycles. The quantitative estimate of drug-likeness (QED) is 0.906. The van der Waals surface area contributed by atoms with E-state index in [0.717, 1.165) is 5.56 Å². The summed E-state index contributed by atoms with van der Waals surface area (Å²) in [6.45, 7) is 6.41. The van der Waals surface area contributed by atoms with Crippen LogP contribution in [0.4, 0.5) is 4.39 Å². The normalized spacial score (nSPS) is 23.9. The maximum Gasteiger partial charge on any atom is 0.241 e. The number of halogens is 1. The molecule has 1 amide bonds. The van der Waals surface area contributed by atoms with Gasteiger partial charge in [-0.05, 0) is 30.5 Å². The number of carbonyl (C=O) groups excluding carboxylic acids is 1. The van der Waals surface area contributed by atoms with Crippen LogP contribution in [-0.2, 0) is 9.53 Å². The van der Waals surface area contributed by atoms with Gasteiger partial charge in [0.1, 0.15) is 12.0 Å². The molecule has 3 unspecified atom stereocenters. The van der Waals surface area contributed by atoms with Crippen molar-refractivity contribution in [2.24, 2.45) is 5.92 Å². The Morgan fingerprint density at radius 1 is 1.43 bits per heavy atom. The van der Waals surface area contributed by atoms with Gasteiger partial charge in [0.2, 0.25) is 5.91 Å². The highest BCUT2D eigenvalue weighted by atomic mass is 19.1. The van der Waals surface area contributed by atoms with Crippen LogP contribution in [0, 0.1) is 11.7 Å². The monoisotopic (exact) mass is 294 g/mol. The Kier molecular flexibility index (Phi) is 4.96. The fourth-order valence-corrected chi connectivity index (χ4v) is 2.79. The topological polar surface area (TPSA) is 41.6 Å². The zero-order valence-corrected chi connectivity index (χ0v) is 13.0. The van der Waals surface area contributed by atoms with E-state index < -0.39 is 0 Å². The Morgan fingerprint density at radius 3 is 2.71 bits per heavy atom. The maximum absolute atomic E-state index is 13.5. The Hall–Kier alpha value is -1.46. The Bertz CT molecular complexity index is 507. The molecule has 0 aliphatic carbocycles. The van der Waals surface area contributed by atoms with Crippen LogP contribution in [0.25, 0.3) is 0 Å². The molecule has 0 radical (unpaired) electrons. The highest BCUT2D eigenvalue weighted by molar-refractivity contribution is 5.84. The van der Waals surface area contributed by atoms with Crippen LogP contribution in [0.1, 0.15) is 32.5 Å². The van der Waals surface area contributed by atoms with Crippen LogP contribution in [0.2, 0.25) is 0 Å². The van der Waals surface area contributed by atoms with Gasteiger partial charge in [-0.1, -0.05) is 26.0 Å². The first-order chi connectivity index (χ1) is 9.95. The van der Waals surface area contributed by atoms with E-state index >= 15 is 0 Å². The lowest BCUT2D eigenvalue weighted by atomic mass is 10.0. The highest BCUT2D eigenvalue weighted by Crippen LogP contribution is 2.30. The molecule has 2 rings (SSSR count). The smallest absolute Gasteiger partial charge is 0.241 e. The molecule has 3 atom stereocenters. The third kappa shape index (κ3) is 3.24. The molecular formula is C16H23FN2O2. The Labute approximate surface area is 125 Å². The zero-order chi connectivity index (χ0) is 15.6. The number of ether oxygens (including phenoxy) is 1. The number of rotatable bonds is 5. The molecule has 116 valence electrons. The van der Waals surface area contributed by atoms with Crippen LogP contribution in [-0.4, -0.2) is 36.6 Å². The molecule has 1 aliphatic heterocycles. The number of nitrogens with one attached hydrogen (secondary N) is 1. The Balaban J connectivity index is 2.36. The van der Waals surface area contributed by atoms with E-state index in [2.05, 4.69) is 19.2 Å². The third-order valence-electron chi connectivity index (χ3n) is 3.94. The number of hydrogen-bond acceptors (Lipinski definition) is 3. The van der Waals surface area contributed by atoms with Crippen molar-refractivity contribution in [1.82, 2.24) is 10.2 Å². The summed E-state index contributed by atoms with van der Waals surface area (Å²) < 4.78 is 18.8. The lowest BCUT2D eigenvalue weighted by Gasteiger charge is -2.35. The molecule has 1 aliphatic rings. The molecule has 1 aromatic rings. The minimum Gasteiger partial charge on any atom is -0.383 e. The molecule has 1 fully saturated rings. The zero-order valence-electron chi connectivity index (χ0n) is 13.0. The van der Waals surface area contributed by atoms with E-state index in [0.29, 0.717) is 6.61 Å². The van der Waals surface area contributed by atoms with Crippen molar-refractivity contribution in [1.29, 1.82) is 0 Å². The van der Waals surface area contributed by atoms with E-state index in [-0.39, 0.29) is 35.9 Å². The van der Waals surface area contributed by atoms with E-state index in [9.17, 15) is 9.18 Å². The number of nitrogens with zero attached hydrogens (tertiary/aromatic N) is 1. The van der Waals surface area contributed by atoms with Crippen molar-refractivity contribution >= 4 is 5.91 Å². The van der Waals surface area contributed by atoms with Gasteiger partial charge in [-0.25, -0.2) is 4.39 Å². The average molecular weight is 294 g/mol. The number of amides is 1. The molecule has 4 nitrogen and oxygen atoms in total. The lowest BCUT2D eigenvalue weighted by molar-refractivity contribution is -0.134. The van der Waals surface area contributed by atoms with Gasteiger partial charge in [-0.2, -0.15) is 0 Å². The van der Waals surface area contributed by atoms with Crippen molar-refractivity contribution in [3.63, 3.8) is 0 Å². The van der Waals surface area contributed by atoms with Gasteiger partial charge in [-0.3, -0.25) is 10.1 Å². The second-order valence-electron chi connectivity index (χ2n) is 5.86. The molecule has 1 heterocycles. The third-order valence-corrected chi connectivity index (χ3v) is 3.94. The predicted molar refractivity (Wildman–Crippen MR) is 79.1 cm³/mol. The summed E-state index contributed by atoms with van der Waals surface area (Å²) in [4.78, 5) is 14.3. The second-order valence-corrected chi connectivity index (χ2v) is 5.86. The summed E-state index contributed by atoms with van der Waals surface area (Å²) in [6.07, 6.45) is -0.314. The number of carbonyl (C=O) groups is 1. The van der Waals surface area contributed by atoms with E-state index in [4.69, 9.17) is 4.74 Å². The van der Waals surface area contributed by atoms with E-state index in [1.165, 1.54) is 12.1 Å². The van der Waals surface area contributed by atoms with Crippen LogP contribution in [0.15, 0.2) is 24.3 Å². The SMILES string of the molecule is COCC(C(C)C)N1C(=O)C(C)NC1c1cccc(F)c1. The molecular weight excluding hydrogens is 271 g/mol. The van der Waals surface area contributed by atoms with Gasteiger partial charge in [0, 0.05) is 7.11 Å². The van der Waals surface area contributed by atoms with Gasteiger partial charge in [0.25, 0.3) is 0 Å². The number of benzene rings is 1. The summed E-state index contributed by atoms with van der Waals surface area (Å²) in [5.74, 6) is -0.0221. The summed E-state index contributed by atoms with van der Waals surface area (Å²) >= 11 is 0. The summed E-state index contributed by atoms with van der Waals surface area (Å²) in [5.41, 5.74) is 0.759.